The van der Waals surface area contributed by atoms with E-state index < -0.39 is 6.04 Å². The molecule has 1 saturated heterocycles. The van der Waals surface area contributed by atoms with Crippen molar-refractivity contribution in [3.63, 3.8) is 0 Å². The lowest BCUT2D eigenvalue weighted by Crippen LogP contribution is -2.62. The standard InChI is InChI=1S/C22H26ClN3O3/c1-13(2)9-19-21(27)24-17(10-14-3-4-14)12-26(19)22(28)18-11-20(29-25-18)15-5-7-16(23)8-6-15/h5-8,11,13-14,17,19H,3-4,9-10,12H2,1-2H3,(H,24,27)/t17-,19-/m0/s1. The summed E-state index contributed by atoms with van der Waals surface area (Å²) in [6.45, 7) is 4.63. The normalized spacial score (nSPS) is 22.1. The van der Waals surface area contributed by atoms with Crippen LogP contribution in [-0.4, -0.2) is 40.5 Å². The molecule has 7 heteroatoms. The topological polar surface area (TPSA) is 75.4 Å². The van der Waals surface area contributed by atoms with Crippen LogP contribution in [0.15, 0.2) is 34.9 Å². The molecule has 2 fully saturated rings. The van der Waals surface area contributed by atoms with Gasteiger partial charge in [-0.15, -0.1) is 0 Å². The second-order valence-electron chi connectivity index (χ2n) is 8.57. The minimum absolute atomic E-state index is 0.00463. The second kappa shape index (κ2) is 8.19. The van der Waals surface area contributed by atoms with Crippen LogP contribution < -0.4 is 5.32 Å². The highest BCUT2D eigenvalue weighted by molar-refractivity contribution is 6.30. The van der Waals surface area contributed by atoms with Gasteiger partial charge in [0.15, 0.2) is 11.5 Å². The van der Waals surface area contributed by atoms with Crippen LogP contribution in [0.5, 0.6) is 0 Å². The Morgan fingerprint density at radius 2 is 2.03 bits per heavy atom. The van der Waals surface area contributed by atoms with E-state index in [4.69, 9.17) is 16.1 Å². The molecule has 6 nitrogen and oxygen atoms in total. The maximum Gasteiger partial charge on any atom is 0.276 e. The third-order valence-electron chi connectivity index (χ3n) is 5.57. The van der Waals surface area contributed by atoms with E-state index in [0.29, 0.717) is 35.6 Å². The number of amides is 2. The first kappa shape index (κ1) is 20.0. The number of aromatic nitrogens is 1. The van der Waals surface area contributed by atoms with Gasteiger partial charge in [0.25, 0.3) is 5.91 Å². The molecule has 1 aromatic heterocycles. The molecule has 154 valence electrons. The molecular formula is C22H26ClN3O3. The van der Waals surface area contributed by atoms with Gasteiger partial charge >= 0.3 is 0 Å². The average Bonchev–Trinajstić information content (AvgIpc) is 3.35. The van der Waals surface area contributed by atoms with Gasteiger partial charge in [0.2, 0.25) is 5.91 Å². The smallest absolute Gasteiger partial charge is 0.276 e. The van der Waals surface area contributed by atoms with Gasteiger partial charge in [0, 0.05) is 29.2 Å². The molecule has 1 aliphatic heterocycles. The lowest BCUT2D eigenvalue weighted by atomic mass is 9.96. The summed E-state index contributed by atoms with van der Waals surface area (Å²) in [7, 11) is 0. The fourth-order valence-electron chi connectivity index (χ4n) is 3.92. The summed E-state index contributed by atoms with van der Waals surface area (Å²) in [5.41, 5.74) is 1.02. The first-order chi connectivity index (χ1) is 13.9. The van der Waals surface area contributed by atoms with E-state index in [9.17, 15) is 9.59 Å². The average molecular weight is 416 g/mol. The fraction of sp³-hybridized carbons (Fsp3) is 0.500. The first-order valence-corrected chi connectivity index (χ1v) is 10.6. The van der Waals surface area contributed by atoms with Gasteiger partial charge < -0.3 is 14.7 Å². The molecular weight excluding hydrogens is 390 g/mol. The first-order valence-electron chi connectivity index (χ1n) is 10.2. The number of rotatable bonds is 6. The number of benzene rings is 1. The number of piperazine rings is 1. The molecule has 2 aliphatic rings. The highest BCUT2D eigenvalue weighted by Gasteiger charge is 2.40. The van der Waals surface area contributed by atoms with E-state index >= 15 is 0 Å². The zero-order valence-electron chi connectivity index (χ0n) is 16.7. The van der Waals surface area contributed by atoms with Crippen molar-refractivity contribution in [2.75, 3.05) is 6.54 Å². The molecule has 0 bridgehead atoms. The van der Waals surface area contributed by atoms with Crippen molar-refractivity contribution in [3.05, 3.63) is 41.0 Å². The number of hydrogen-bond donors (Lipinski definition) is 1. The monoisotopic (exact) mass is 415 g/mol. The van der Waals surface area contributed by atoms with Crippen LogP contribution in [0.25, 0.3) is 11.3 Å². The van der Waals surface area contributed by atoms with Crippen molar-refractivity contribution < 1.29 is 14.1 Å². The molecule has 1 saturated carbocycles. The van der Waals surface area contributed by atoms with Crippen molar-refractivity contribution in [2.45, 2.75) is 51.6 Å². The number of halogens is 1. The number of carbonyl (C=O) groups is 2. The zero-order valence-corrected chi connectivity index (χ0v) is 17.5. The Morgan fingerprint density at radius 1 is 1.31 bits per heavy atom. The van der Waals surface area contributed by atoms with Crippen LogP contribution in [0.2, 0.25) is 5.02 Å². The second-order valence-corrected chi connectivity index (χ2v) is 9.01. The molecule has 0 spiro atoms. The highest BCUT2D eigenvalue weighted by Crippen LogP contribution is 2.35. The molecule has 2 heterocycles. The zero-order chi connectivity index (χ0) is 20.5. The molecule has 1 N–H and O–H groups in total. The van der Waals surface area contributed by atoms with Gasteiger partial charge in [0.05, 0.1) is 0 Å². The summed E-state index contributed by atoms with van der Waals surface area (Å²) in [5, 5.41) is 7.75. The molecule has 2 aromatic rings. The Bertz CT molecular complexity index is 889. The largest absolute Gasteiger partial charge is 0.355 e. The molecule has 2 atom stereocenters. The maximum atomic E-state index is 13.3. The Morgan fingerprint density at radius 3 is 2.69 bits per heavy atom. The van der Waals surface area contributed by atoms with Crippen molar-refractivity contribution in [2.24, 2.45) is 11.8 Å². The molecule has 29 heavy (non-hydrogen) atoms. The van der Waals surface area contributed by atoms with Gasteiger partial charge in [-0.2, -0.15) is 0 Å². The number of nitrogens with one attached hydrogen (secondary N) is 1. The van der Waals surface area contributed by atoms with E-state index in [-0.39, 0.29) is 23.6 Å². The number of hydrogen-bond acceptors (Lipinski definition) is 4. The Kier molecular flexibility index (Phi) is 5.63. The van der Waals surface area contributed by atoms with E-state index in [1.165, 1.54) is 12.8 Å². The lowest BCUT2D eigenvalue weighted by Gasteiger charge is -2.40. The molecule has 0 unspecified atom stereocenters. The van der Waals surface area contributed by atoms with Gasteiger partial charge in [0.1, 0.15) is 6.04 Å². The lowest BCUT2D eigenvalue weighted by molar-refractivity contribution is -0.130. The van der Waals surface area contributed by atoms with E-state index in [2.05, 4.69) is 24.3 Å². The summed E-state index contributed by atoms with van der Waals surface area (Å²) in [6, 6.07) is 8.32. The molecule has 1 aliphatic carbocycles. The Hall–Kier alpha value is -2.34. The molecule has 2 amide bonds. The van der Waals surface area contributed by atoms with Crippen LogP contribution in [0.4, 0.5) is 0 Å². The molecule has 1 aromatic carbocycles. The molecule has 0 radical (unpaired) electrons. The third-order valence-corrected chi connectivity index (χ3v) is 5.82. The van der Waals surface area contributed by atoms with Crippen molar-refractivity contribution >= 4 is 23.4 Å². The van der Waals surface area contributed by atoms with Gasteiger partial charge in [-0.05, 0) is 48.9 Å². The Balaban J connectivity index is 1.56. The van der Waals surface area contributed by atoms with Gasteiger partial charge in [-0.1, -0.05) is 43.4 Å². The minimum atomic E-state index is -0.478. The predicted molar refractivity (Wildman–Crippen MR) is 111 cm³/mol. The highest BCUT2D eigenvalue weighted by atomic mass is 35.5. The van der Waals surface area contributed by atoms with E-state index in [1.807, 2.05) is 12.1 Å². The van der Waals surface area contributed by atoms with Crippen LogP contribution in [-0.2, 0) is 4.79 Å². The minimum Gasteiger partial charge on any atom is -0.355 e. The van der Waals surface area contributed by atoms with Crippen LogP contribution in [0.3, 0.4) is 0 Å². The van der Waals surface area contributed by atoms with Crippen molar-refractivity contribution in [3.8, 4) is 11.3 Å². The predicted octanol–water partition coefficient (Wildman–Crippen LogP) is 4.15. The van der Waals surface area contributed by atoms with Crippen LogP contribution >= 0.6 is 11.6 Å². The van der Waals surface area contributed by atoms with Crippen molar-refractivity contribution in [1.29, 1.82) is 0 Å². The summed E-state index contributed by atoms with van der Waals surface area (Å²) in [6.07, 6.45) is 3.97. The molecule has 4 rings (SSSR count). The van der Waals surface area contributed by atoms with Gasteiger partial charge in [-0.3, -0.25) is 9.59 Å². The third kappa shape index (κ3) is 4.64. The van der Waals surface area contributed by atoms with E-state index in [1.54, 1.807) is 23.1 Å². The number of carbonyl (C=O) groups excluding carboxylic acids is 2. The fourth-order valence-corrected chi connectivity index (χ4v) is 4.04. The summed E-state index contributed by atoms with van der Waals surface area (Å²) in [4.78, 5) is 27.8. The maximum absolute atomic E-state index is 13.3. The Labute approximate surface area is 175 Å². The summed E-state index contributed by atoms with van der Waals surface area (Å²) >= 11 is 5.94. The number of nitrogens with zero attached hydrogens (tertiary/aromatic N) is 2. The summed E-state index contributed by atoms with van der Waals surface area (Å²) in [5.74, 6) is 1.15. The van der Waals surface area contributed by atoms with Crippen LogP contribution in [0, 0.1) is 11.8 Å². The van der Waals surface area contributed by atoms with Crippen LogP contribution in [0.1, 0.15) is 50.0 Å². The van der Waals surface area contributed by atoms with E-state index in [0.717, 1.165) is 12.0 Å². The van der Waals surface area contributed by atoms with Gasteiger partial charge in [-0.25, -0.2) is 0 Å². The summed E-state index contributed by atoms with van der Waals surface area (Å²) < 4.78 is 5.41. The SMILES string of the molecule is CC(C)C[C@H]1C(=O)N[C@@H](CC2CC2)CN1C(=O)c1cc(-c2ccc(Cl)cc2)on1. The van der Waals surface area contributed by atoms with Crippen molar-refractivity contribution in [1.82, 2.24) is 15.4 Å². The quantitative estimate of drug-likeness (QED) is 0.768.